The van der Waals surface area contributed by atoms with Crippen LogP contribution in [0.15, 0.2) is 52.9 Å². The highest BCUT2D eigenvalue weighted by Crippen LogP contribution is 2.43. The third kappa shape index (κ3) is 4.68. The van der Waals surface area contributed by atoms with Crippen LogP contribution in [0.4, 0.5) is 0 Å². The van der Waals surface area contributed by atoms with E-state index in [1.165, 1.54) is 12.0 Å². The summed E-state index contributed by atoms with van der Waals surface area (Å²) in [5.41, 5.74) is 4.68. The van der Waals surface area contributed by atoms with E-state index in [1.807, 2.05) is 32.1 Å². The molecule has 2 aliphatic carbocycles. The number of ether oxygens (including phenoxy) is 1. The average molecular weight is 502 g/mol. The highest BCUT2D eigenvalue weighted by molar-refractivity contribution is 5.94. The molecule has 5 rings (SSSR count). The van der Waals surface area contributed by atoms with Gasteiger partial charge < -0.3 is 20.4 Å². The number of hydrogen-bond acceptors (Lipinski definition) is 4. The third-order valence-electron chi connectivity index (χ3n) is 8.24. The van der Waals surface area contributed by atoms with Gasteiger partial charge in [0.05, 0.1) is 12.0 Å². The van der Waals surface area contributed by atoms with Crippen LogP contribution in [0.1, 0.15) is 72.0 Å². The lowest BCUT2D eigenvalue weighted by Crippen LogP contribution is -2.51. The minimum Gasteiger partial charge on any atom is -0.369 e. The van der Waals surface area contributed by atoms with Gasteiger partial charge in [0.25, 0.3) is 5.56 Å². The standard InChI is InChI=1S/C30H35N3O4/c1-19-14-20(2)32-28(36)24(19)18-31-27(35)21-8-7-13-30(17-21,37-3)23-9-10-25-22(15-23)16-26(34)33-29(25)11-5-4-6-12-29/h7-10,13-15H,4-6,11-12,16-18H2,1-3H3,(H,31,35)(H,32,36)(H,33,34). The van der Waals surface area contributed by atoms with E-state index in [-0.39, 0.29) is 29.5 Å². The van der Waals surface area contributed by atoms with Crippen molar-refractivity contribution < 1.29 is 14.3 Å². The Morgan fingerprint density at radius 2 is 1.89 bits per heavy atom. The normalized spacial score (nSPS) is 22.2. The molecule has 1 spiro atoms. The molecular formula is C30H35N3O4. The van der Waals surface area contributed by atoms with Crippen LogP contribution >= 0.6 is 0 Å². The Kier molecular flexibility index (Phi) is 6.67. The van der Waals surface area contributed by atoms with Gasteiger partial charge >= 0.3 is 0 Å². The number of fused-ring (bicyclic) bond motifs is 2. The second-order valence-corrected chi connectivity index (χ2v) is 10.7. The van der Waals surface area contributed by atoms with E-state index < -0.39 is 5.60 Å². The van der Waals surface area contributed by atoms with Crippen molar-refractivity contribution >= 4 is 11.8 Å². The van der Waals surface area contributed by atoms with Crippen molar-refractivity contribution in [1.82, 2.24) is 15.6 Å². The summed E-state index contributed by atoms with van der Waals surface area (Å²) >= 11 is 0. The molecule has 2 aromatic rings. The van der Waals surface area contributed by atoms with Gasteiger partial charge in [-0.05, 0) is 61.1 Å². The molecule has 7 nitrogen and oxygen atoms in total. The maximum atomic E-state index is 13.1. The predicted octanol–water partition coefficient (Wildman–Crippen LogP) is 3.87. The molecule has 0 saturated heterocycles. The van der Waals surface area contributed by atoms with Crippen LogP contribution in [0.3, 0.4) is 0 Å². The Hall–Kier alpha value is -3.45. The smallest absolute Gasteiger partial charge is 0.253 e. The summed E-state index contributed by atoms with van der Waals surface area (Å²) in [5, 5.41) is 6.21. The summed E-state index contributed by atoms with van der Waals surface area (Å²) < 4.78 is 6.05. The van der Waals surface area contributed by atoms with Crippen molar-refractivity contribution in [3.8, 4) is 0 Å². The van der Waals surface area contributed by atoms with E-state index in [0.29, 0.717) is 24.0 Å². The zero-order chi connectivity index (χ0) is 26.2. The lowest BCUT2D eigenvalue weighted by molar-refractivity contribution is -0.123. The first-order valence-electron chi connectivity index (χ1n) is 13.1. The maximum Gasteiger partial charge on any atom is 0.253 e. The Bertz CT molecular complexity index is 1360. The van der Waals surface area contributed by atoms with Gasteiger partial charge in [-0.15, -0.1) is 0 Å². The van der Waals surface area contributed by atoms with Crippen LogP contribution in [0.5, 0.6) is 0 Å². The Balaban J connectivity index is 1.38. The largest absolute Gasteiger partial charge is 0.369 e. The van der Waals surface area contributed by atoms with E-state index >= 15 is 0 Å². The van der Waals surface area contributed by atoms with E-state index in [0.717, 1.165) is 48.1 Å². The maximum absolute atomic E-state index is 13.1. The number of carbonyl (C=O) groups excluding carboxylic acids is 2. The van der Waals surface area contributed by atoms with Gasteiger partial charge in [-0.1, -0.05) is 49.6 Å². The number of nitrogens with one attached hydrogen (secondary N) is 3. The molecule has 0 radical (unpaired) electrons. The number of benzene rings is 1. The molecule has 1 aromatic carbocycles. The summed E-state index contributed by atoms with van der Waals surface area (Å²) in [6, 6.07) is 8.22. The van der Waals surface area contributed by atoms with Gasteiger partial charge in [0.2, 0.25) is 11.8 Å². The average Bonchev–Trinajstić information content (AvgIpc) is 2.88. The molecule has 3 aliphatic rings. The van der Waals surface area contributed by atoms with Gasteiger partial charge in [0.15, 0.2) is 0 Å². The minimum absolute atomic E-state index is 0.0681. The number of H-pyrrole nitrogens is 1. The molecule has 3 N–H and O–H groups in total. The highest BCUT2D eigenvalue weighted by atomic mass is 16.5. The SMILES string of the molecule is COC1(c2ccc3c(c2)CC(=O)NC32CCCCC2)C=CC=C(C(=O)NCc2c(C)cc(C)[nH]c2=O)C1. The molecule has 1 aliphatic heterocycles. The molecule has 1 fully saturated rings. The van der Waals surface area contributed by atoms with Crippen LogP contribution in [0, 0.1) is 13.8 Å². The molecule has 37 heavy (non-hydrogen) atoms. The number of methoxy groups -OCH3 is 1. The first-order chi connectivity index (χ1) is 17.7. The van der Waals surface area contributed by atoms with Crippen molar-refractivity contribution in [2.45, 2.75) is 76.5 Å². The van der Waals surface area contributed by atoms with E-state index in [9.17, 15) is 14.4 Å². The number of amides is 2. The Labute approximate surface area is 217 Å². The molecule has 2 heterocycles. The van der Waals surface area contributed by atoms with Crippen molar-refractivity contribution in [3.05, 3.63) is 91.9 Å². The lowest BCUT2D eigenvalue weighted by atomic mass is 9.71. The number of pyridine rings is 1. The van der Waals surface area contributed by atoms with E-state index in [1.54, 1.807) is 13.2 Å². The number of aryl methyl sites for hydroxylation is 2. The van der Waals surface area contributed by atoms with Crippen LogP contribution < -0.4 is 16.2 Å². The van der Waals surface area contributed by atoms with Crippen molar-refractivity contribution in [1.29, 1.82) is 0 Å². The minimum atomic E-state index is -0.818. The van der Waals surface area contributed by atoms with Crippen molar-refractivity contribution in [3.63, 3.8) is 0 Å². The van der Waals surface area contributed by atoms with Gasteiger partial charge in [-0.25, -0.2) is 0 Å². The number of carbonyl (C=O) groups is 2. The van der Waals surface area contributed by atoms with Crippen molar-refractivity contribution in [2.75, 3.05) is 7.11 Å². The molecule has 1 atom stereocenters. The molecule has 1 unspecified atom stereocenters. The summed E-state index contributed by atoms with van der Waals surface area (Å²) in [4.78, 5) is 41.0. The quantitative estimate of drug-likeness (QED) is 0.579. The molecule has 2 amide bonds. The predicted molar refractivity (Wildman–Crippen MR) is 142 cm³/mol. The highest BCUT2D eigenvalue weighted by Gasteiger charge is 2.41. The van der Waals surface area contributed by atoms with Crippen LogP contribution in [-0.4, -0.2) is 23.9 Å². The van der Waals surface area contributed by atoms with Crippen LogP contribution in [-0.2, 0) is 38.4 Å². The van der Waals surface area contributed by atoms with Crippen LogP contribution in [0.2, 0.25) is 0 Å². The Morgan fingerprint density at radius 1 is 1.11 bits per heavy atom. The summed E-state index contributed by atoms with van der Waals surface area (Å²) in [5.74, 6) is -0.165. The monoisotopic (exact) mass is 501 g/mol. The molecule has 7 heteroatoms. The second-order valence-electron chi connectivity index (χ2n) is 10.7. The second kappa shape index (κ2) is 9.78. The number of aromatic amines is 1. The third-order valence-corrected chi connectivity index (χ3v) is 8.24. The van der Waals surface area contributed by atoms with Gasteiger partial charge in [0, 0.05) is 36.9 Å². The zero-order valence-corrected chi connectivity index (χ0v) is 21.8. The number of rotatable bonds is 5. The lowest BCUT2D eigenvalue weighted by Gasteiger charge is -2.43. The van der Waals surface area contributed by atoms with E-state index in [4.69, 9.17) is 4.74 Å². The number of allylic oxidation sites excluding steroid dienone is 2. The zero-order valence-electron chi connectivity index (χ0n) is 21.8. The van der Waals surface area contributed by atoms with Crippen molar-refractivity contribution in [2.24, 2.45) is 0 Å². The Morgan fingerprint density at radius 3 is 2.62 bits per heavy atom. The molecule has 194 valence electrons. The summed E-state index contributed by atoms with van der Waals surface area (Å²) in [6.07, 6.45) is 11.7. The van der Waals surface area contributed by atoms with Crippen LogP contribution in [0.25, 0.3) is 0 Å². The number of hydrogen-bond donors (Lipinski definition) is 3. The fourth-order valence-electron chi connectivity index (χ4n) is 6.29. The molecular weight excluding hydrogens is 466 g/mol. The molecule has 0 bridgehead atoms. The van der Waals surface area contributed by atoms with Gasteiger partial charge in [0.1, 0.15) is 5.60 Å². The number of aromatic nitrogens is 1. The topological polar surface area (TPSA) is 100 Å². The fourth-order valence-corrected chi connectivity index (χ4v) is 6.29. The van der Waals surface area contributed by atoms with Gasteiger partial charge in [-0.2, -0.15) is 0 Å². The molecule has 1 aromatic heterocycles. The summed E-state index contributed by atoms with van der Waals surface area (Å²) in [7, 11) is 1.65. The fraction of sp³-hybridized carbons (Fsp3) is 0.433. The first kappa shape index (κ1) is 25.2. The van der Waals surface area contributed by atoms with E-state index in [2.05, 4.69) is 33.8 Å². The first-order valence-corrected chi connectivity index (χ1v) is 13.1. The van der Waals surface area contributed by atoms with Gasteiger partial charge in [-0.3, -0.25) is 14.4 Å². The molecule has 1 saturated carbocycles. The summed E-state index contributed by atoms with van der Waals surface area (Å²) in [6.45, 7) is 3.86.